The smallest absolute Gasteiger partial charge is 0.269 e. The predicted octanol–water partition coefficient (Wildman–Crippen LogP) is 3.65. The van der Waals surface area contributed by atoms with Crippen LogP contribution in [0.25, 0.3) is 11.0 Å². The van der Waals surface area contributed by atoms with E-state index >= 15 is 0 Å². The highest BCUT2D eigenvalue weighted by Gasteiger charge is 2.27. The van der Waals surface area contributed by atoms with E-state index in [1.807, 2.05) is 13.0 Å². The summed E-state index contributed by atoms with van der Waals surface area (Å²) in [5, 5.41) is 0.880. The molecule has 1 saturated heterocycles. The van der Waals surface area contributed by atoms with Crippen LogP contribution in [0, 0.1) is 6.92 Å². The lowest BCUT2D eigenvalue weighted by atomic mass is 9.95. The summed E-state index contributed by atoms with van der Waals surface area (Å²) in [6, 6.07) is 9.72. The van der Waals surface area contributed by atoms with Gasteiger partial charge in [0.2, 0.25) is 15.9 Å². The number of nitrogens with one attached hydrogen (secondary N) is 2. The molecule has 2 aromatic carbocycles. The Labute approximate surface area is 199 Å². The van der Waals surface area contributed by atoms with Gasteiger partial charge < -0.3 is 4.42 Å². The zero-order valence-corrected chi connectivity index (χ0v) is 20.4. The Morgan fingerprint density at radius 1 is 1.06 bits per heavy atom. The van der Waals surface area contributed by atoms with E-state index in [-0.39, 0.29) is 16.9 Å². The number of carbonyl (C=O) groups is 2. The van der Waals surface area contributed by atoms with Crippen LogP contribution < -0.4 is 10.9 Å². The van der Waals surface area contributed by atoms with Gasteiger partial charge in [0.1, 0.15) is 5.58 Å². The van der Waals surface area contributed by atoms with Crippen LogP contribution in [0.3, 0.4) is 0 Å². The quantitative estimate of drug-likeness (QED) is 0.520. The summed E-state index contributed by atoms with van der Waals surface area (Å²) >= 11 is 0. The number of carbonyl (C=O) groups excluding carboxylic acids is 2. The van der Waals surface area contributed by atoms with Crippen LogP contribution in [-0.4, -0.2) is 37.6 Å². The van der Waals surface area contributed by atoms with E-state index in [2.05, 4.69) is 30.8 Å². The van der Waals surface area contributed by atoms with E-state index in [0.717, 1.165) is 34.9 Å². The number of hydrogen-bond acceptors (Lipinski definition) is 5. The summed E-state index contributed by atoms with van der Waals surface area (Å²) in [5.74, 6) is -0.582. The number of benzene rings is 2. The molecule has 34 heavy (non-hydrogen) atoms. The lowest BCUT2D eigenvalue weighted by Crippen LogP contribution is -2.42. The van der Waals surface area contributed by atoms with Crippen molar-refractivity contribution in [2.45, 2.75) is 50.8 Å². The fourth-order valence-corrected chi connectivity index (χ4v) is 5.79. The normalized spacial score (nSPS) is 14.6. The fourth-order valence-electron chi connectivity index (χ4n) is 4.28. The van der Waals surface area contributed by atoms with Crippen molar-refractivity contribution in [2.75, 3.05) is 13.1 Å². The zero-order chi connectivity index (χ0) is 24.5. The molecule has 9 heteroatoms. The molecule has 8 nitrogen and oxygen atoms in total. The average molecular weight is 484 g/mol. The maximum atomic E-state index is 12.6. The zero-order valence-electron chi connectivity index (χ0n) is 19.6. The summed E-state index contributed by atoms with van der Waals surface area (Å²) < 4.78 is 32.3. The second-order valence-electron chi connectivity index (χ2n) is 8.94. The van der Waals surface area contributed by atoms with Gasteiger partial charge in [-0.05, 0) is 73.2 Å². The first-order chi connectivity index (χ1) is 16.2. The molecule has 3 aromatic rings. The van der Waals surface area contributed by atoms with E-state index in [9.17, 15) is 18.0 Å². The van der Waals surface area contributed by atoms with E-state index in [0.29, 0.717) is 19.0 Å². The molecule has 0 bridgehead atoms. The molecule has 180 valence electrons. The Morgan fingerprint density at radius 3 is 2.38 bits per heavy atom. The van der Waals surface area contributed by atoms with E-state index in [4.69, 9.17) is 4.42 Å². The van der Waals surface area contributed by atoms with Crippen molar-refractivity contribution in [1.29, 1.82) is 0 Å². The van der Waals surface area contributed by atoms with Crippen LogP contribution in [0.2, 0.25) is 0 Å². The third-order valence-corrected chi connectivity index (χ3v) is 8.06. The van der Waals surface area contributed by atoms with Gasteiger partial charge in [-0.2, -0.15) is 4.31 Å². The van der Waals surface area contributed by atoms with Crippen molar-refractivity contribution in [1.82, 2.24) is 15.2 Å². The molecule has 2 amide bonds. The Bertz CT molecular complexity index is 1320. The third-order valence-electron chi connectivity index (χ3n) is 6.15. The highest BCUT2D eigenvalue weighted by Crippen LogP contribution is 2.29. The molecule has 0 unspecified atom stereocenters. The summed E-state index contributed by atoms with van der Waals surface area (Å²) in [6.07, 6.45) is 3.31. The highest BCUT2D eigenvalue weighted by molar-refractivity contribution is 7.89. The fraction of sp³-hybridized carbons (Fsp3) is 0.360. The van der Waals surface area contributed by atoms with Crippen LogP contribution in [-0.2, 0) is 21.2 Å². The number of hydrazine groups is 1. The molecule has 0 saturated carbocycles. The Morgan fingerprint density at radius 2 is 1.74 bits per heavy atom. The maximum Gasteiger partial charge on any atom is 0.269 e. The SMILES string of the molecule is Cc1cc2occ(CC(=O)NNC(=O)c3ccc(S(=O)(=O)N4CCCC4)cc3)c2cc1C(C)C. The number of hydrogen-bond donors (Lipinski definition) is 2. The molecule has 1 aliphatic rings. The molecule has 2 N–H and O–H groups in total. The molecule has 2 heterocycles. The molecule has 0 spiro atoms. The number of fused-ring (bicyclic) bond motifs is 1. The molecule has 4 rings (SSSR count). The summed E-state index contributed by atoms with van der Waals surface area (Å²) in [5.41, 5.74) is 8.83. The second kappa shape index (κ2) is 9.60. The molecule has 0 aliphatic carbocycles. The minimum atomic E-state index is -3.54. The minimum absolute atomic E-state index is 0.0426. The van der Waals surface area contributed by atoms with Gasteiger partial charge in [-0.15, -0.1) is 0 Å². The molecular formula is C25H29N3O5S. The molecule has 0 atom stereocenters. The van der Waals surface area contributed by atoms with Crippen LogP contribution in [0.15, 0.2) is 52.0 Å². The van der Waals surface area contributed by atoms with E-state index in [1.54, 1.807) is 6.26 Å². The maximum absolute atomic E-state index is 12.6. The van der Waals surface area contributed by atoms with Crippen molar-refractivity contribution in [3.8, 4) is 0 Å². The van der Waals surface area contributed by atoms with Gasteiger partial charge in [0.05, 0.1) is 17.6 Å². The van der Waals surface area contributed by atoms with Crippen LogP contribution in [0.5, 0.6) is 0 Å². The van der Waals surface area contributed by atoms with Crippen molar-refractivity contribution in [3.63, 3.8) is 0 Å². The van der Waals surface area contributed by atoms with Crippen LogP contribution >= 0.6 is 0 Å². The topological polar surface area (TPSA) is 109 Å². The number of aryl methyl sites for hydroxylation is 1. The van der Waals surface area contributed by atoms with Crippen molar-refractivity contribution < 1.29 is 22.4 Å². The molecule has 1 fully saturated rings. The largest absolute Gasteiger partial charge is 0.464 e. The van der Waals surface area contributed by atoms with Crippen LogP contribution in [0.1, 0.15) is 59.7 Å². The molecule has 1 aliphatic heterocycles. The van der Waals surface area contributed by atoms with Crippen molar-refractivity contribution in [2.24, 2.45) is 0 Å². The van der Waals surface area contributed by atoms with Gasteiger partial charge in [0.15, 0.2) is 0 Å². The van der Waals surface area contributed by atoms with Crippen molar-refractivity contribution >= 4 is 32.8 Å². The van der Waals surface area contributed by atoms with E-state index < -0.39 is 21.8 Å². The van der Waals surface area contributed by atoms with Gasteiger partial charge >= 0.3 is 0 Å². The first kappa shape index (κ1) is 24.0. The Balaban J connectivity index is 1.38. The highest BCUT2D eigenvalue weighted by atomic mass is 32.2. The lowest BCUT2D eigenvalue weighted by molar-refractivity contribution is -0.121. The lowest BCUT2D eigenvalue weighted by Gasteiger charge is -2.15. The Hall–Kier alpha value is -3.17. The predicted molar refractivity (Wildman–Crippen MR) is 129 cm³/mol. The monoisotopic (exact) mass is 483 g/mol. The number of sulfonamides is 1. The summed E-state index contributed by atoms with van der Waals surface area (Å²) in [6.45, 7) is 7.30. The minimum Gasteiger partial charge on any atom is -0.464 e. The molecule has 0 radical (unpaired) electrons. The number of nitrogens with zero attached hydrogens (tertiary/aromatic N) is 1. The molecule has 1 aromatic heterocycles. The van der Waals surface area contributed by atoms with Gasteiger partial charge in [-0.3, -0.25) is 20.4 Å². The Kier molecular flexibility index (Phi) is 6.77. The van der Waals surface area contributed by atoms with Gasteiger partial charge in [-0.25, -0.2) is 8.42 Å². The summed E-state index contributed by atoms with van der Waals surface area (Å²) in [7, 11) is -3.54. The summed E-state index contributed by atoms with van der Waals surface area (Å²) in [4.78, 5) is 25.0. The number of amides is 2. The van der Waals surface area contributed by atoms with Gasteiger partial charge in [0, 0.05) is 29.6 Å². The van der Waals surface area contributed by atoms with Crippen LogP contribution in [0.4, 0.5) is 0 Å². The first-order valence-corrected chi connectivity index (χ1v) is 12.8. The van der Waals surface area contributed by atoms with Gasteiger partial charge in [-0.1, -0.05) is 13.8 Å². The standard InChI is InChI=1S/C25H29N3O5S/c1-16(2)21-14-22-19(15-33-23(22)12-17(21)3)13-24(29)26-27-25(30)18-6-8-20(9-7-18)34(31,32)28-10-4-5-11-28/h6-9,12,14-16H,4-5,10-11,13H2,1-3H3,(H,26,29)(H,27,30). The van der Waals surface area contributed by atoms with Crippen molar-refractivity contribution in [3.05, 3.63) is 64.9 Å². The van der Waals surface area contributed by atoms with Gasteiger partial charge in [0.25, 0.3) is 5.91 Å². The number of furan rings is 1. The first-order valence-electron chi connectivity index (χ1n) is 11.4. The van der Waals surface area contributed by atoms with E-state index in [1.165, 1.54) is 34.1 Å². The molecular weight excluding hydrogens is 454 g/mol. The second-order valence-corrected chi connectivity index (χ2v) is 10.9. The number of rotatable bonds is 6. The third kappa shape index (κ3) is 4.85. The average Bonchev–Trinajstić information content (AvgIpc) is 3.48.